The molecule has 0 radical (unpaired) electrons. The number of piperidine rings is 1. The first kappa shape index (κ1) is 16.7. The molecule has 2 N–H and O–H groups in total. The molecule has 1 amide bonds. The fourth-order valence-electron chi connectivity index (χ4n) is 1.84. The van der Waals surface area contributed by atoms with Gasteiger partial charge in [-0.15, -0.1) is 12.4 Å². The van der Waals surface area contributed by atoms with E-state index in [1.807, 2.05) is 0 Å². The minimum absolute atomic E-state index is 0. The number of nitrogens with one attached hydrogen (secondary N) is 2. The number of amides is 1. The summed E-state index contributed by atoms with van der Waals surface area (Å²) in [6.45, 7) is 7.11. The molecule has 0 saturated carbocycles. The Bertz CT molecular complexity index is 215. The van der Waals surface area contributed by atoms with Gasteiger partial charge in [-0.2, -0.15) is 0 Å². The summed E-state index contributed by atoms with van der Waals surface area (Å²) in [6.07, 6.45) is 3.25. The van der Waals surface area contributed by atoms with Crippen LogP contribution >= 0.6 is 12.4 Å². The second-order valence-corrected chi connectivity index (χ2v) is 4.55. The zero-order valence-corrected chi connectivity index (χ0v) is 11.6. The van der Waals surface area contributed by atoms with Crippen molar-refractivity contribution in [3.05, 3.63) is 0 Å². The van der Waals surface area contributed by atoms with Crippen molar-refractivity contribution < 1.29 is 9.53 Å². The summed E-state index contributed by atoms with van der Waals surface area (Å²) in [4.78, 5) is 11.6. The lowest BCUT2D eigenvalue weighted by atomic mass is 9.95. The van der Waals surface area contributed by atoms with Crippen LogP contribution in [-0.2, 0) is 9.53 Å². The van der Waals surface area contributed by atoms with Crippen molar-refractivity contribution in [2.75, 3.05) is 26.3 Å². The zero-order valence-electron chi connectivity index (χ0n) is 10.8. The van der Waals surface area contributed by atoms with Crippen molar-refractivity contribution in [3.63, 3.8) is 0 Å². The summed E-state index contributed by atoms with van der Waals surface area (Å²) in [5.41, 5.74) is 0. The average molecular weight is 265 g/mol. The van der Waals surface area contributed by atoms with E-state index in [1.165, 1.54) is 0 Å². The Morgan fingerprint density at radius 2 is 2.29 bits per heavy atom. The molecule has 1 aliphatic rings. The number of halogens is 1. The van der Waals surface area contributed by atoms with Crippen LogP contribution in [0.4, 0.5) is 0 Å². The largest absolute Gasteiger partial charge is 0.372 e. The highest BCUT2D eigenvalue weighted by atomic mass is 35.5. The third-order valence-corrected chi connectivity index (χ3v) is 3.05. The Labute approximate surface area is 110 Å². The van der Waals surface area contributed by atoms with Crippen molar-refractivity contribution in [1.29, 1.82) is 0 Å². The smallest absolute Gasteiger partial charge is 0.246 e. The molecule has 0 aliphatic carbocycles. The minimum atomic E-state index is 0. The maximum absolute atomic E-state index is 11.6. The highest BCUT2D eigenvalue weighted by molar-refractivity contribution is 5.85. The van der Waals surface area contributed by atoms with Gasteiger partial charge >= 0.3 is 0 Å². The molecule has 1 saturated heterocycles. The predicted octanol–water partition coefficient (Wildman–Crippen LogP) is 1.34. The minimum Gasteiger partial charge on any atom is -0.372 e. The van der Waals surface area contributed by atoms with E-state index >= 15 is 0 Å². The lowest BCUT2D eigenvalue weighted by Gasteiger charge is -2.30. The van der Waals surface area contributed by atoms with Gasteiger partial charge in [0.1, 0.15) is 6.61 Å². The fourth-order valence-corrected chi connectivity index (χ4v) is 1.84. The standard InChI is InChI=1S/C12H24N2O2.ClH/c1-3-4-7-16-9-12(15)14-11-8-13-6-5-10(11)2;/h10-11,13H,3-9H2,1-2H3,(H,14,15);1H. The van der Waals surface area contributed by atoms with Crippen LogP contribution in [0.3, 0.4) is 0 Å². The summed E-state index contributed by atoms with van der Waals surface area (Å²) >= 11 is 0. The molecule has 0 bridgehead atoms. The first-order valence-electron chi connectivity index (χ1n) is 6.32. The van der Waals surface area contributed by atoms with Gasteiger partial charge in [-0.05, 0) is 25.3 Å². The average Bonchev–Trinajstić information content (AvgIpc) is 2.28. The maximum atomic E-state index is 11.6. The van der Waals surface area contributed by atoms with Crippen LogP contribution in [0.25, 0.3) is 0 Å². The van der Waals surface area contributed by atoms with Crippen molar-refractivity contribution in [2.24, 2.45) is 5.92 Å². The molecule has 1 fully saturated rings. The molecule has 5 heteroatoms. The molecule has 1 aliphatic heterocycles. The van der Waals surface area contributed by atoms with Gasteiger partial charge in [-0.25, -0.2) is 0 Å². The topological polar surface area (TPSA) is 50.4 Å². The Balaban J connectivity index is 0.00000256. The number of ether oxygens (including phenoxy) is 1. The zero-order chi connectivity index (χ0) is 11.8. The van der Waals surface area contributed by atoms with Crippen LogP contribution < -0.4 is 10.6 Å². The number of hydrogen-bond donors (Lipinski definition) is 2. The molecule has 0 aromatic heterocycles. The highest BCUT2D eigenvalue weighted by Gasteiger charge is 2.22. The summed E-state index contributed by atoms with van der Waals surface area (Å²) in [5.74, 6) is 0.567. The van der Waals surface area contributed by atoms with Crippen molar-refractivity contribution in [2.45, 2.75) is 39.2 Å². The molecule has 17 heavy (non-hydrogen) atoms. The monoisotopic (exact) mass is 264 g/mol. The maximum Gasteiger partial charge on any atom is 0.246 e. The molecule has 0 aromatic rings. The Morgan fingerprint density at radius 1 is 1.53 bits per heavy atom. The van der Waals surface area contributed by atoms with Crippen molar-refractivity contribution in [3.8, 4) is 0 Å². The van der Waals surface area contributed by atoms with Gasteiger partial charge in [-0.3, -0.25) is 4.79 Å². The van der Waals surface area contributed by atoms with E-state index < -0.39 is 0 Å². The van der Waals surface area contributed by atoms with Gasteiger partial charge in [0, 0.05) is 19.2 Å². The summed E-state index contributed by atoms with van der Waals surface area (Å²) in [7, 11) is 0. The summed E-state index contributed by atoms with van der Waals surface area (Å²) in [5, 5.41) is 6.31. The highest BCUT2D eigenvalue weighted by Crippen LogP contribution is 2.10. The summed E-state index contributed by atoms with van der Waals surface area (Å²) in [6, 6.07) is 0.260. The number of carbonyl (C=O) groups is 1. The Kier molecular flexibility index (Phi) is 9.50. The van der Waals surface area contributed by atoms with Gasteiger partial charge < -0.3 is 15.4 Å². The van der Waals surface area contributed by atoms with E-state index in [0.717, 1.165) is 32.4 Å². The molecular formula is C12H25ClN2O2. The van der Waals surface area contributed by atoms with E-state index in [9.17, 15) is 4.79 Å². The van der Waals surface area contributed by atoms with E-state index in [-0.39, 0.29) is 31.0 Å². The molecule has 1 heterocycles. The van der Waals surface area contributed by atoms with Gasteiger partial charge in [0.05, 0.1) is 0 Å². The third-order valence-electron chi connectivity index (χ3n) is 3.05. The van der Waals surface area contributed by atoms with Gasteiger partial charge in [0.15, 0.2) is 0 Å². The van der Waals surface area contributed by atoms with Gasteiger partial charge in [0.2, 0.25) is 5.91 Å². The molecule has 102 valence electrons. The second-order valence-electron chi connectivity index (χ2n) is 4.55. The first-order valence-corrected chi connectivity index (χ1v) is 6.32. The van der Waals surface area contributed by atoms with Crippen LogP contribution in [0.5, 0.6) is 0 Å². The lowest BCUT2D eigenvalue weighted by molar-refractivity contribution is -0.126. The quantitative estimate of drug-likeness (QED) is 0.712. The van der Waals surface area contributed by atoms with E-state index in [1.54, 1.807) is 0 Å². The van der Waals surface area contributed by atoms with Gasteiger partial charge in [0.25, 0.3) is 0 Å². The second kappa shape index (κ2) is 9.68. The molecule has 2 atom stereocenters. The molecular weight excluding hydrogens is 240 g/mol. The van der Waals surface area contributed by atoms with Crippen molar-refractivity contribution >= 4 is 18.3 Å². The summed E-state index contributed by atoms with van der Waals surface area (Å²) < 4.78 is 5.28. The third kappa shape index (κ3) is 6.86. The van der Waals surface area contributed by atoms with E-state index in [2.05, 4.69) is 24.5 Å². The normalized spacial score (nSPS) is 23.9. The van der Waals surface area contributed by atoms with E-state index in [0.29, 0.717) is 12.5 Å². The molecule has 2 unspecified atom stereocenters. The van der Waals surface area contributed by atoms with Crippen molar-refractivity contribution in [1.82, 2.24) is 10.6 Å². The van der Waals surface area contributed by atoms with Crippen LogP contribution in [-0.4, -0.2) is 38.3 Å². The molecule has 1 rings (SSSR count). The molecule has 0 aromatic carbocycles. The van der Waals surface area contributed by atoms with Gasteiger partial charge in [-0.1, -0.05) is 20.3 Å². The number of rotatable bonds is 6. The van der Waals surface area contributed by atoms with Crippen LogP contribution in [0, 0.1) is 5.92 Å². The van der Waals surface area contributed by atoms with Crippen LogP contribution in [0.15, 0.2) is 0 Å². The predicted molar refractivity (Wildman–Crippen MR) is 71.6 cm³/mol. The number of hydrogen-bond acceptors (Lipinski definition) is 3. The first-order chi connectivity index (χ1) is 7.74. The SMILES string of the molecule is CCCCOCC(=O)NC1CNCCC1C.Cl. The van der Waals surface area contributed by atoms with E-state index in [4.69, 9.17) is 4.74 Å². The number of unbranched alkanes of at least 4 members (excludes halogenated alkanes) is 1. The van der Waals surface area contributed by atoms with Crippen LogP contribution in [0.1, 0.15) is 33.1 Å². The van der Waals surface area contributed by atoms with Crippen LogP contribution in [0.2, 0.25) is 0 Å². The molecule has 4 nitrogen and oxygen atoms in total. The molecule has 0 spiro atoms. The Morgan fingerprint density at radius 3 is 2.94 bits per heavy atom. The number of carbonyl (C=O) groups excluding carboxylic acids is 1. The fraction of sp³-hybridized carbons (Fsp3) is 0.917. The Hall–Kier alpha value is -0.320. The lowest BCUT2D eigenvalue weighted by Crippen LogP contribution is -2.51.